The van der Waals surface area contributed by atoms with Gasteiger partial charge in [-0.15, -0.1) is 5.10 Å². The monoisotopic (exact) mass is 336 g/mol. The molecule has 24 heavy (non-hydrogen) atoms. The van der Waals surface area contributed by atoms with Crippen LogP contribution in [0.5, 0.6) is 23.0 Å². The highest BCUT2D eigenvalue weighted by molar-refractivity contribution is 5.55. The molecule has 0 unspecified atom stereocenters. The van der Waals surface area contributed by atoms with Crippen molar-refractivity contribution >= 4 is 0 Å². The molecule has 0 radical (unpaired) electrons. The summed E-state index contributed by atoms with van der Waals surface area (Å²) in [6.07, 6.45) is 1.88. The van der Waals surface area contributed by atoms with Crippen LogP contribution in [0.4, 0.5) is 0 Å². The highest BCUT2D eigenvalue weighted by Gasteiger charge is 2.14. The molecule has 0 aliphatic carbocycles. The lowest BCUT2D eigenvalue weighted by Gasteiger charge is -2.14. The van der Waals surface area contributed by atoms with Gasteiger partial charge in [-0.1, -0.05) is 5.21 Å². The number of ether oxygens (including phenoxy) is 4. The van der Waals surface area contributed by atoms with Crippen molar-refractivity contribution in [2.24, 2.45) is 0 Å². The molecule has 2 aromatic rings. The van der Waals surface area contributed by atoms with Crippen LogP contribution in [0.25, 0.3) is 0 Å². The molecule has 1 heterocycles. The number of aromatic nitrogens is 3. The van der Waals surface area contributed by atoms with Crippen molar-refractivity contribution in [3.05, 3.63) is 24.0 Å². The Morgan fingerprint density at radius 2 is 1.71 bits per heavy atom. The second kappa shape index (κ2) is 8.39. The lowest BCUT2D eigenvalue weighted by molar-refractivity contribution is 0.288. The lowest BCUT2D eigenvalue weighted by Crippen LogP contribution is -2.18. The SMILES string of the molecule is COc1cc(OCc2cn(CCN(C)C)nn2)cc(OC)c1OC. The Morgan fingerprint density at radius 3 is 2.25 bits per heavy atom. The van der Waals surface area contributed by atoms with Crippen LogP contribution in [-0.2, 0) is 13.2 Å². The van der Waals surface area contributed by atoms with Crippen LogP contribution in [-0.4, -0.2) is 61.9 Å². The van der Waals surface area contributed by atoms with Gasteiger partial charge >= 0.3 is 0 Å². The zero-order valence-corrected chi connectivity index (χ0v) is 14.8. The van der Waals surface area contributed by atoms with Crippen LogP contribution in [0.1, 0.15) is 5.69 Å². The van der Waals surface area contributed by atoms with Crippen LogP contribution in [0.3, 0.4) is 0 Å². The number of methoxy groups -OCH3 is 3. The van der Waals surface area contributed by atoms with E-state index in [-0.39, 0.29) is 0 Å². The van der Waals surface area contributed by atoms with Gasteiger partial charge < -0.3 is 23.8 Å². The summed E-state index contributed by atoms with van der Waals surface area (Å²) in [5.74, 6) is 2.22. The Kier molecular flexibility index (Phi) is 6.25. The van der Waals surface area contributed by atoms with E-state index in [2.05, 4.69) is 15.2 Å². The van der Waals surface area contributed by atoms with E-state index in [1.165, 1.54) is 0 Å². The summed E-state index contributed by atoms with van der Waals surface area (Å²) < 4.78 is 23.5. The van der Waals surface area contributed by atoms with Crippen molar-refractivity contribution in [2.45, 2.75) is 13.2 Å². The molecular weight excluding hydrogens is 312 g/mol. The maximum atomic E-state index is 5.77. The largest absolute Gasteiger partial charge is 0.493 e. The summed E-state index contributed by atoms with van der Waals surface area (Å²) in [5.41, 5.74) is 0.752. The van der Waals surface area contributed by atoms with E-state index in [1.807, 2.05) is 20.3 Å². The third-order valence-corrected chi connectivity index (χ3v) is 3.39. The Bertz CT molecular complexity index is 632. The summed E-state index contributed by atoms with van der Waals surface area (Å²) in [7, 11) is 8.73. The molecule has 8 nitrogen and oxygen atoms in total. The quantitative estimate of drug-likeness (QED) is 0.686. The molecular formula is C16H24N4O4. The highest BCUT2D eigenvalue weighted by Crippen LogP contribution is 2.40. The molecule has 132 valence electrons. The van der Waals surface area contributed by atoms with E-state index in [0.717, 1.165) is 18.8 Å². The van der Waals surface area contributed by atoms with Gasteiger partial charge in [0, 0.05) is 18.7 Å². The molecule has 0 aliphatic heterocycles. The topological polar surface area (TPSA) is 70.9 Å². The maximum Gasteiger partial charge on any atom is 0.203 e. The first-order chi connectivity index (χ1) is 11.6. The minimum Gasteiger partial charge on any atom is -0.493 e. The fourth-order valence-corrected chi connectivity index (χ4v) is 2.11. The number of hydrogen-bond acceptors (Lipinski definition) is 7. The molecule has 0 spiro atoms. The summed E-state index contributed by atoms with van der Waals surface area (Å²) in [6.45, 7) is 1.99. The van der Waals surface area contributed by atoms with E-state index in [0.29, 0.717) is 29.6 Å². The molecule has 0 bridgehead atoms. The summed E-state index contributed by atoms with van der Waals surface area (Å²) in [6, 6.07) is 3.50. The molecule has 0 atom stereocenters. The normalized spacial score (nSPS) is 10.8. The molecule has 0 N–H and O–H groups in total. The minimum absolute atomic E-state index is 0.306. The molecule has 1 aromatic heterocycles. The predicted molar refractivity (Wildman–Crippen MR) is 89.0 cm³/mol. The van der Waals surface area contributed by atoms with Crippen molar-refractivity contribution in [3.63, 3.8) is 0 Å². The first kappa shape index (κ1) is 17.9. The molecule has 0 saturated heterocycles. The molecule has 8 heteroatoms. The number of likely N-dealkylation sites (N-methyl/N-ethyl adjacent to an activating group) is 1. The van der Waals surface area contributed by atoms with Crippen LogP contribution < -0.4 is 18.9 Å². The number of hydrogen-bond donors (Lipinski definition) is 0. The van der Waals surface area contributed by atoms with Gasteiger partial charge in [-0.05, 0) is 14.1 Å². The third-order valence-electron chi connectivity index (χ3n) is 3.39. The van der Waals surface area contributed by atoms with E-state index in [4.69, 9.17) is 18.9 Å². The van der Waals surface area contributed by atoms with Gasteiger partial charge in [-0.25, -0.2) is 0 Å². The summed E-state index contributed by atoms with van der Waals surface area (Å²) in [5, 5.41) is 8.20. The second-order valence-corrected chi connectivity index (χ2v) is 5.43. The third kappa shape index (κ3) is 4.51. The van der Waals surface area contributed by atoms with E-state index in [9.17, 15) is 0 Å². The smallest absolute Gasteiger partial charge is 0.203 e. The first-order valence-electron chi connectivity index (χ1n) is 7.54. The van der Waals surface area contributed by atoms with Crippen LogP contribution in [0, 0.1) is 0 Å². The molecule has 1 aromatic carbocycles. The number of benzene rings is 1. The van der Waals surface area contributed by atoms with Crippen molar-refractivity contribution in [2.75, 3.05) is 42.0 Å². The summed E-state index contributed by atoms with van der Waals surface area (Å²) in [4.78, 5) is 2.09. The minimum atomic E-state index is 0.306. The van der Waals surface area contributed by atoms with Gasteiger partial charge in [0.25, 0.3) is 0 Å². The van der Waals surface area contributed by atoms with Crippen molar-refractivity contribution in [3.8, 4) is 23.0 Å². The van der Waals surface area contributed by atoms with Crippen LogP contribution >= 0.6 is 0 Å². The predicted octanol–water partition coefficient (Wildman–Crippen LogP) is 1.44. The Labute approximate surface area is 141 Å². The Balaban J connectivity index is 2.04. The number of rotatable bonds is 9. The van der Waals surface area contributed by atoms with Gasteiger partial charge in [0.1, 0.15) is 18.1 Å². The fraction of sp³-hybridized carbons (Fsp3) is 0.500. The van der Waals surface area contributed by atoms with Gasteiger partial charge in [-0.2, -0.15) is 0 Å². The van der Waals surface area contributed by atoms with Gasteiger partial charge in [-0.3, -0.25) is 4.68 Å². The van der Waals surface area contributed by atoms with E-state index in [1.54, 1.807) is 38.1 Å². The molecule has 0 saturated carbocycles. The van der Waals surface area contributed by atoms with Crippen molar-refractivity contribution in [1.82, 2.24) is 19.9 Å². The molecule has 2 rings (SSSR count). The molecule has 0 fully saturated rings. The first-order valence-corrected chi connectivity index (χ1v) is 7.54. The van der Waals surface area contributed by atoms with E-state index >= 15 is 0 Å². The maximum absolute atomic E-state index is 5.77. The van der Waals surface area contributed by atoms with Crippen molar-refractivity contribution in [1.29, 1.82) is 0 Å². The van der Waals surface area contributed by atoms with Gasteiger partial charge in [0.05, 0.1) is 34.1 Å². The zero-order valence-electron chi connectivity index (χ0n) is 14.8. The number of nitrogens with zero attached hydrogens (tertiary/aromatic N) is 4. The molecule has 0 aliphatic rings. The fourth-order valence-electron chi connectivity index (χ4n) is 2.11. The van der Waals surface area contributed by atoms with Gasteiger partial charge in [0.2, 0.25) is 5.75 Å². The Morgan fingerprint density at radius 1 is 1.04 bits per heavy atom. The zero-order chi connectivity index (χ0) is 17.5. The average molecular weight is 336 g/mol. The Hall–Kier alpha value is -2.48. The summed E-state index contributed by atoms with van der Waals surface area (Å²) >= 11 is 0. The average Bonchev–Trinajstić information content (AvgIpc) is 3.05. The van der Waals surface area contributed by atoms with Gasteiger partial charge in [0.15, 0.2) is 11.5 Å². The van der Waals surface area contributed by atoms with Crippen molar-refractivity contribution < 1.29 is 18.9 Å². The van der Waals surface area contributed by atoms with Crippen LogP contribution in [0.15, 0.2) is 18.3 Å². The second-order valence-electron chi connectivity index (χ2n) is 5.43. The lowest BCUT2D eigenvalue weighted by atomic mass is 10.2. The van der Waals surface area contributed by atoms with Crippen LogP contribution in [0.2, 0.25) is 0 Å². The highest BCUT2D eigenvalue weighted by atomic mass is 16.5. The van der Waals surface area contributed by atoms with E-state index < -0.39 is 0 Å². The molecule has 0 amide bonds. The standard InChI is InChI=1S/C16H24N4O4/c1-19(2)6-7-20-10-12(17-18-20)11-24-13-8-14(21-3)16(23-5)15(9-13)22-4/h8-10H,6-7,11H2,1-5H3.